The van der Waals surface area contributed by atoms with E-state index in [1.165, 1.54) is 0 Å². The van der Waals surface area contributed by atoms with Gasteiger partial charge in [-0.05, 0) is 42.8 Å². The van der Waals surface area contributed by atoms with Crippen molar-refractivity contribution in [3.05, 3.63) is 58.6 Å². The van der Waals surface area contributed by atoms with Gasteiger partial charge in [0.15, 0.2) is 6.10 Å². The average molecular weight is 403 g/mol. The molecule has 1 aliphatic rings. The van der Waals surface area contributed by atoms with Gasteiger partial charge in [0.2, 0.25) is 0 Å². The van der Waals surface area contributed by atoms with Gasteiger partial charge in [-0.1, -0.05) is 35.0 Å². The molecule has 0 bridgehead atoms. The molecule has 1 heterocycles. The van der Waals surface area contributed by atoms with Gasteiger partial charge in [-0.25, -0.2) is 0 Å². The van der Waals surface area contributed by atoms with E-state index in [4.69, 9.17) is 4.74 Å². The molecular weight excluding hydrogens is 384 g/mol. The molecule has 0 saturated heterocycles. The second-order valence-corrected chi connectivity index (χ2v) is 6.70. The number of amides is 2. The van der Waals surface area contributed by atoms with Gasteiger partial charge < -0.3 is 15.0 Å². The zero-order valence-corrected chi connectivity index (χ0v) is 15.5. The second kappa shape index (κ2) is 7.70. The lowest BCUT2D eigenvalue weighted by molar-refractivity contribution is -0.127. The molecule has 0 aliphatic carbocycles. The highest BCUT2D eigenvalue weighted by Gasteiger charge is 2.33. The average Bonchev–Trinajstić information content (AvgIpc) is 2.65. The van der Waals surface area contributed by atoms with Crippen LogP contribution in [-0.4, -0.2) is 31.0 Å². The van der Waals surface area contributed by atoms with E-state index < -0.39 is 6.10 Å². The highest BCUT2D eigenvalue weighted by atomic mass is 79.9. The van der Waals surface area contributed by atoms with Gasteiger partial charge in [0.1, 0.15) is 5.75 Å². The van der Waals surface area contributed by atoms with E-state index >= 15 is 0 Å². The Balaban J connectivity index is 1.89. The largest absolute Gasteiger partial charge is 0.477 e. The van der Waals surface area contributed by atoms with Crippen molar-refractivity contribution in [2.24, 2.45) is 0 Å². The van der Waals surface area contributed by atoms with Gasteiger partial charge in [0, 0.05) is 16.6 Å². The number of fused-ring (bicyclic) bond motifs is 1. The first-order valence-corrected chi connectivity index (χ1v) is 9.00. The maximum absolute atomic E-state index is 13.0. The van der Waals surface area contributed by atoms with Crippen LogP contribution in [-0.2, 0) is 4.79 Å². The normalized spacial score (nSPS) is 15.9. The SMILES string of the molecule is CCCNC(=O)[C@@H]1CN(C(=O)c2ccc(Br)cc2)c2ccccc2O1. The molecular formula is C19H19BrN2O3. The van der Waals surface area contributed by atoms with Gasteiger partial charge in [-0.15, -0.1) is 0 Å². The summed E-state index contributed by atoms with van der Waals surface area (Å²) in [6.45, 7) is 2.75. The summed E-state index contributed by atoms with van der Waals surface area (Å²) in [6, 6.07) is 14.4. The van der Waals surface area contributed by atoms with Crippen molar-refractivity contribution < 1.29 is 14.3 Å². The molecule has 2 aromatic carbocycles. The van der Waals surface area contributed by atoms with Gasteiger partial charge in [-0.2, -0.15) is 0 Å². The standard InChI is InChI=1S/C19H19BrN2O3/c1-2-11-21-18(23)17-12-22(15-5-3-4-6-16(15)25-17)19(24)13-7-9-14(20)10-8-13/h3-10,17H,2,11-12H2,1H3,(H,21,23)/t17-/m0/s1. The molecule has 1 N–H and O–H groups in total. The zero-order valence-electron chi connectivity index (χ0n) is 13.9. The lowest BCUT2D eigenvalue weighted by atomic mass is 10.1. The van der Waals surface area contributed by atoms with E-state index in [1.54, 1.807) is 23.1 Å². The van der Waals surface area contributed by atoms with Crippen LogP contribution in [0.4, 0.5) is 5.69 Å². The molecule has 0 fully saturated rings. The van der Waals surface area contributed by atoms with Gasteiger partial charge >= 0.3 is 0 Å². The minimum Gasteiger partial charge on any atom is -0.477 e. The fraction of sp³-hybridized carbons (Fsp3) is 0.263. The number of hydrogen-bond acceptors (Lipinski definition) is 3. The summed E-state index contributed by atoms with van der Waals surface area (Å²) < 4.78 is 6.72. The summed E-state index contributed by atoms with van der Waals surface area (Å²) in [6.07, 6.45) is 0.122. The first-order chi connectivity index (χ1) is 12.1. The quantitative estimate of drug-likeness (QED) is 0.852. The van der Waals surface area contributed by atoms with Crippen LogP contribution >= 0.6 is 15.9 Å². The maximum Gasteiger partial charge on any atom is 0.262 e. The number of benzene rings is 2. The van der Waals surface area contributed by atoms with E-state index in [0.717, 1.165) is 10.9 Å². The third-order valence-electron chi connectivity index (χ3n) is 3.95. The Morgan fingerprint density at radius 3 is 2.64 bits per heavy atom. The summed E-state index contributed by atoms with van der Waals surface area (Å²) in [5, 5.41) is 2.83. The van der Waals surface area contributed by atoms with E-state index in [2.05, 4.69) is 21.2 Å². The second-order valence-electron chi connectivity index (χ2n) is 5.79. The number of carbonyl (C=O) groups is 2. The number of carbonyl (C=O) groups excluding carboxylic acids is 2. The Bertz CT molecular complexity index is 776. The smallest absolute Gasteiger partial charge is 0.262 e. The number of ether oxygens (including phenoxy) is 1. The summed E-state index contributed by atoms with van der Waals surface area (Å²) >= 11 is 3.37. The Kier molecular flexibility index (Phi) is 5.38. The zero-order chi connectivity index (χ0) is 17.8. The molecule has 2 amide bonds. The topological polar surface area (TPSA) is 58.6 Å². The number of anilines is 1. The summed E-state index contributed by atoms with van der Waals surface area (Å²) in [4.78, 5) is 26.9. The van der Waals surface area contributed by atoms with Crippen LogP contribution < -0.4 is 15.0 Å². The third kappa shape index (κ3) is 3.85. The number of nitrogens with one attached hydrogen (secondary N) is 1. The third-order valence-corrected chi connectivity index (χ3v) is 4.48. The number of hydrogen-bond donors (Lipinski definition) is 1. The lowest BCUT2D eigenvalue weighted by Crippen LogP contribution is -2.50. The molecule has 5 nitrogen and oxygen atoms in total. The minimum absolute atomic E-state index is 0.156. The first-order valence-electron chi connectivity index (χ1n) is 8.21. The lowest BCUT2D eigenvalue weighted by Gasteiger charge is -2.34. The number of rotatable bonds is 4. The van der Waals surface area contributed by atoms with E-state index in [9.17, 15) is 9.59 Å². The van der Waals surface area contributed by atoms with Crippen LogP contribution in [0.25, 0.3) is 0 Å². The van der Waals surface area contributed by atoms with E-state index in [0.29, 0.717) is 23.5 Å². The predicted octanol–water partition coefficient (Wildman–Crippen LogP) is 3.38. The number of para-hydroxylation sites is 2. The molecule has 0 aromatic heterocycles. The Morgan fingerprint density at radius 2 is 1.92 bits per heavy atom. The molecule has 0 unspecified atom stereocenters. The highest BCUT2D eigenvalue weighted by Crippen LogP contribution is 2.34. The van der Waals surface area contributed by atoms with Gasteiger partial charge in [-0.3, -0.25) is 9.59 Å². The molecule has 3 rings (SSSR count). The van der Waals surface area contributed by atoms with Crippen LogP contribution in [0.15, 0.2) is 53.0 Å². The molecule has 0 spiro atoms. The molecule has 1 atom stereocenters. The molecule has 130 valence electrons. The highest BCUT2D eigenvalue weighted by molar-refractivity contribution is 9.10. The Morgan fingerprint density at radius 1 is 1.20 bits per heavy atom. The minimum atomic E-state index is -0.721. The van der Waals surface area contributed by atoms with Crippen molar-refractivity contribution in [1.29, 1.82) is 0 Å². The maximum atomic E-state index is 13.0. The Hall–Kier alpha value is -2.34. The van der Waals surface area contributed by atoms with Crippen LogP contribution in [0.3, 0.4) is 0 Å². The van der Waals surface area contributed by atoms with Crippen molar-refractivity contribution in [2.45, 2.75) is 19.4 Å². The van der Waals surface area contributed by atoms with Crippen LogP contribution in [0.1, 0.15) is 23.7 Å². The van der Waals surface area contributed by atoms with E-state index in [-0.39, 0.29) is 18.4 Å². The number of nitrogens with zero attached hydrogens (tertiary/aromatic N) is 1. The van der Waals surface area contributed by atoms with Crippen molar-refractivity contribution in [1.82, 2.24) is 5.32 Å². The van der Waals surface area contributed by atoms with Crippen molar-refractivity contribution in [3.63, 3.8) is 0 Å². The van der Waals surface area contributed by atoms with Crippen LogP contribution in [0.5, 0.6) is 5.75 Å². The molecule has 1 aliphatic heterocycles. The van der Waals surface area contributed by atoms with Crippen LogP contribution in [0.2, 0.25) is 0 Å². The van der Waals surface area contributed by atoms with Gasteiger partial charge in [0.05, 0.1) is 12.2 Å². The van der Waals surface area contributed by atoms with Crippen molar-refractivity contribution in [2.75, 3.05) is 18.0 Å². The fourth-order valence-corrected chi connectivity index (χ4v) is 2.94. The Labute approximate surface area is 155 Å². The monoisotopic (exact) mass is 402 g/mol. The molecule has 0 saturated carbocycles. The summed E-state index contributed by atoms with van der Waals surface area (Å²) in [7, 11) is 0. The summed E-state index contributed by atoms with van der Waals surface area (Å²) in [5.74, 6) is 0.178. The molecule has 25 heavy (non-hydrogen) atoms. The van der Waals surface area contributed by atoms with Crippen molar-refractivity contribution in [3.8, 4) is 5.75 Å². The van der Waals surface area contributed by atoms with Crippen molar-refractivity contribution >= 4 is 33.4 Å². The fourth-order valence-electron chi connectivity index (χ4n) is 2.67. The molecule has 2 aromatic rings. The van der Waals surface area contributed by atoms with E-state index in [1.807, 2.05) is 37.3 Å². The first kappa shape index (κ1) is 17.5. The predicted molar refractivity (Wildman–Crippen MR) is 100.0 cm³/mol. The molecule has 6 heteroatoms. The number of halogens is 1. The van der Waals surface area contributed by atoms with Crippen LogP contribution in [0, 0.1) is 0 Å². The summed E-state index contributed by atoms with van der Waals surface area (Å²) in [5.41, 5.74) is 1.24. The molecule has 0 radical (unpaired) electrons. The van der Waals surface area contributed by atoms with Gasteiger partial charge in [0.25, 0.3) is 11.8 Å².